The Morgan fingerprint density at radius 2 is 0.778 bits per heavy atom. The van der Waals surface area contributed by atoms with Crippen LogP contribution in [0.2, 0.25) is 0 Å². The summed E-state index contributed by atoms with van der Waals surface area (Å²) in [7, 11) is 0. The number of aliphatic carboxylic acids is 2. The summed E-state index contributed by atoms with van der Waals surface area (Å²) in [4.78, 5) is 21.7. The molecule has 106 valence electrons. The Balaban J connectivity index is 5.89. The molecule has 18 heavy (non-hydrogen) atoms. The first-order valence-electron chi connectivity index (χ1n) is 3.62. The Bertz CT molecular complexity index is 340. The van der Waals surface area contributed by atoms with E-state index in [2.05, 4.69) is 0 Å². The van der Waals surface area contributed by atoms with Gasteiger partial charge >= 0.3 is 11.9 Å². The van der Waals surface area contributed by atoms with E-state index < -0.39 is 29.3 Å². The topological polar surface area (TPSA) is 74.6 Å². The Labute approximate surface area is 141 Å². The van der Waals surface area contributed by atoms with Gasteiger partial charge in [-0.2, -0.15) is 0 Å². The van der Waals surface area contributed by atoms with Crippen LogP contribution >= 0.6 is 92.8 Å². The van der Waals surface area contributed by atoms with Gasteiger partial charge in [-0.15, -0.1) is 0 Å². The van der Waals surface area contributed by atoms with Crippen molar-refractivity contribution in [2.45, 2.75) is 17.3 Å². The van der Waals surface area contributed by atoms with Crippen LogP contribution in [0.4, 0.5) is 0 Å². The van der Waals surface area contributed by atoms with E-state index in [4.69, 9.17) is 103 Å². The number of hydrogen-bond donors (Lipinski definition) is 2. The van der Waals surface area contributed by atoms with Gasteiger partial charge in [0, 0.05) is 0 Å². The van der Waals surface area contributed by atoms with Crippen LogP contribution in [0, 0.1) is 0 Å². The lowest BCUT2D eigenvalue weighted by Crippen LogP contribution is -2.62. The molecule has 0 unspecified atom stereocenters. The molecule has 0 atom stereocenters. The van der Waals surface area contributed by atoms with Gasteiger partial charge in [0.15, 0.2) is 8.67 Å². The molecule has 0 aromatic rings. The molecule has 0 amide bonds. The molecule has 0 fully saturated rings. The van der Waals surface area contributed by atoms with Crippen molar-refractivity contribution in [2.75, 3.05) is 0 Å². The average molecular weight is 422 g/mol. The third-order valence-electron chi connectivity index (χ3n) is 1.72. The molecule has 4 nitrogen and oxygen atoms in total. The Hall–Kier alpha value is 1.26. The molecule has 0 spiro atoms. The van der Waals surface area contributed by atoms with Crippen molar-refractivity contribution in [3.63, 3.8) is 0 Å². The van der Waals surface area contributed by atoms with Crippen LogP contribution < -0.4 is 0 Å². The molecule has 0 aliphatic rings. The highest BCUT2D eigenvalue weighted by molar-refractivity contribution is 6.78. The van der Waals surface area contributed by atoms with Gasteiger partial charge in [0.25, 0.3) is 0 Å². The molecule has 2 N–H and O–H groups in total. The maximum absolute atomic E-state index is 10.8. The largest absolute Gasteiger partial charge is 0.479 e. The van der Waals surface area contributed by atoms with Crippen molar-refractivity contribution in [3.8, 4) is 0 Å². The van der Waals surface area contributed by atoms with E-state index in [9.17, 15) is 9.59 Å². The molecule has 0 rings (SSSR count). The molecule has 0 aliphatic heterocycles. The minimum absolute atomic E-state index is 1.93. The summed E-state index contributed by atoms with van der Waals surface area (Å²) in [6.45, 7) is 0. The van der Waals surface area contributed by atoms with E-state index in [1.165, 1.54) is 0 Å². The zero-order chi connectivity index (χ0) is 15.2. The van der Waals surface area contributed by atoms with Crippen LogP contribution in [0.1, 0.15) is 0 Å². The number of alkyl halides is 8. The van der Waals surface area contributed by atoms with Gasteiger partial charge in [-0.25, -0.2) is 9.59 Å². The lowest BCUT2D eigenvalue weighted by atomic mass is 10.1. The maximum Gasteiger partial charge on any atom is 0.343 e. The summed E-state index contributed by atoms with van der Waals surface area (Å²) >= 11 is 43.8. The molecular weight excluding hydrogens is 420 g/mol. The maximum atomic E-state index is 10.8. The number of halogens is 8. The number of carbonyl (C=O) groups is 2. The zero-order valence-corrected chi connectivity index (χ0v) is 13.8. The van der Waals surface area contributed by atoms with Gasteiger partial charge in [-0.05, 0) is 0 Å². The molecule has 0 radical (unpaired) electrons. The number of hydrogen-bond acceptors (Lipinski definition) is 2. The van der Waals surface area contributed by atoms with Crippen molar-refractivity contribution in [1.29, 1.82) is 0 Å². The van der Waals surface area contributed by atoms with Crippen LogP contribution in [0.25, 0.3) is 0 Å². The highest BCUT2D eigenvalue weighted by atomic mass is 35.6. The summed E-state index contributed by atoms with van der Waals surface area (Å²) < 4.78 is -11.9. The van der Waals surface area contributed by atoms with Gasteiger partial charge in [0.05, 0.1) is 0 Å². The first-order valence-corrected chi connectivity index (χ1v) is 6.64. The standard InChI is InChI=1S/C6H2Cl8O4/c7-3(8,1(15)16)5(11,12)6(13,14)4(9,10)2(17)18/h(H,15,16)(H,17,18). The van der Waals surface area contributed by atoms with Crippen molar-refractivity contribution in [2.24, 2.45) is 0 Å². The SMILES string of the molecule is O=C(O)C(Cl)(Cl)C(Cl)(Cl)C(Cl)(Cl)C(Cl)(Cl)C(=O)O. The van der Waals surface area contributed by atoms with Gasteiger partial charge in [0.1, 0.15) is 0 Å². The number of rotatable bonds is 5. The summed E-state index contributed by atoms with van der Waals surface area (Å²) in [5.41, 5.74) is 0. The fraction of sp³-hybridized carbons (Fsp3) is 0.667. The lowest BCUT2D eigenvalue weighted by molar-refractivity contribution is -0.140. The smallest absolute Gasteiger partial charge is 0.343 e. The Morgan fingerprint density at radius 1 is 0.611 bits per heavy atom. The van der Waals surface area contributed by atoms with E-state index in [-0.39, 0.29) is 0 Å². The van der Waals surface area contributed by atoms with E-state index >= 15 is 0 Å². The van der Waals surface area contributed by atoms with Crippen molar-refractivity contribution >= 4 is 105 Å². The second-order valence-electron chi connectivity index (χ2n) is 2.91. The summed E-state index contributed by atoms with van der Waals surface area (Å²) in [5, 5.41) is 17.5. The lowest BCUT2D eigenvalue weighted by Gasteiger charge is -2.42. The average Bonchev–Trinajstić information content (AvgIpc) is 2.15. The van der Waals surface area contributed by atoms with Gasteiger partial charge in [0.2, 0.25) is 8.67 Å². The summed E-state index contributed by atoms with van der Waals surface area (Å²) in [5.74, 6) is -3.87. The normalized spacial score (nSPS) is 14.4. The van der Waals surface area contributed by atoms with E-state index in [1.807, 2.05) is 0 Å². The van der Waals surface area contributed by atoms with Gasteiger partial charge < -0.3 is 10.2 Å². The molecule has 0 aliphatic carbocycles. The zero-order valence-electron chi connectivity index (χ0n) is 7.73. The molecule has 0 saturated carbocycles. The third-order valence-corrected chi connectivity index (χ3v) is 6.93. The molecule has 0 aromatic heterocycles. The second-order valence-corrected chi connectivity index (χ2v) is 8.22. The van der Waals surface area contributed by atoms with Gasteiger partial charge in [-0.1, -0.05) is 92.8 Å². The van der Waals surface area contributed by atoms with Gasteiger partial charge in [-0.3, -0.25) is 0 Å². The second kappa shape index (κ2) is 5.57. The predicted octanol–water partition coefficient (Wildman–Crippen LogP) is 3.85. The quantitative estimate of drug-likeness (QED) is 0.661. The fourth-order valence-corrected chi connectivity index (χ4v) is 2.51. The molecule has 0 heterocycles. The Morgan fingerprint density at radius 3 is 0.889 bits per heavy atom. The molecule has 0 saturated heterocycles. The monoisotopic (exact) mass is 418 g/mol. The van der Waals surface area contributed by atoms with Crippen LogP contribution in [-0.2, 0) is 9.59 Å². The minimum Gasteiger partial charge on any atom is -0.479 e. The van der Waals surface area contributed by atoms with Crippen molar-refractivity contribution < 1.29 is 19.8 Å². The highest BCUT2D eigenvalue weighted by Gasteiger charge is 2.73. The van der Waals surface area contributed by atoms with Crippen LogP contribution in [0.3, 0.4) is 0 Å². The number of carboxylic acid groups (broad SMARTS) is 2. The van der Waals surface area contributed by atoms with Crippen molar-refractivity contribution in [1.82, 2.24) is 0 Å². The summed E-state index contributed by atoms with van der Waals surface area (Å²) in [6.07, 6.45) is 0. The van der Waals surface area contributed by atoms with Crippen LogP contribution in [0.5, 0.6) is 0 Å². The number of carboxylic acids is 2. The molecular formula is C6H2Cl8O4. The van der Waals surface area contributed by atoms with E-state index in [0.717, 1.165) is 0 Å². The van der Waals surface area contributed by atoms with E-state index in [0.29, 0.717) is 0 Å². The molecule has 0 aromatic carbocycles. The van der Waals surface area contributed by atoms with Crippen molar-refractivity contribution in [3.05, 3.63) is 0 Å². The van der Waals surface area contributed by atoms with E-state index in [1.54, 1.807) is 0 Å². The Kier molecular flexibility index (Phi) is 5.96. The molecule has 0 bridgehead atoms. The van der Waals surface area contributed by atoms with Crippen LogP contribution in [0.15, 0.2) is 0 Å². The predicted molar refractivity (Wildman–Crippen MR) is 73.0 cm³/mol. The highest BCUT2D eigenvalue weighted by Crippen LogP contribution is 2.61. The van der Waals surface area contributed by atoms with Crippen LogP contribution in [-0.4, -0.2) is 39.5 Å². The first-order chi connectivity index (χ1) is 7.64. The minimum atomic E-state index is -2.98. The molecule has 12 heteroatoms. The first kappa shape index (κ1) is 19.3. The summed E-state index contributed by atoms with van der Waals surface area (Å²) in [6, 6.07) is 0. The third kappa shape index (κ3) is 2.82. The fourth-order valence-electron chi connectivity index (χ4n) is 0.663.